The van der Waals surface area contributed by atoms with Crippen molar-refractivity contribution in [3.63, 3.8) is 0 Å². The molecule has 0 fully saturated rings. The van der Waals surface area contributed by atoms with E-state index in [2.05, 4.69) is 10.6 Å². The van der Waals surface area contributed by atoms with E-state index in [-0.39, 0.29) is 31.1 Å². The second-order valence-corrected chi connectivity index (χ2v) is 6.95. The number of likely N-dealkylation sites (N-methyl/N-ethyl adjacent to an activating group) is 1. The SMILES string of the molecule is CCN(CC(=O)Nc1ccccc1C(F)(F)F)C(=O)CCNC(=O)c1ccc(Cl)cc1. The summed E-state index contributed by atoms with van der Waals surface area (Å²) >= 11 is 5.77. The fraction of sp³-hybridized carbons (Fsp3) is 0.286. The predicted octanol–water partition coefficient (Wildman–Crippen LogP) is 3.97. The number of hydrogen-bond acceptors (Lipinski definition) is 3. The molecule has 0 atom stereocenters. The van der Waals surface area contributed by atoms with Gasteiger partial charge in [-0.15, -0.1) is 0 Å². The maximum absolute atomic E-state index is 13.0. The van der Waals surface area contributed by atoms with Crippen molar-refractivity contribution in [2.75, 3.05) is 25.0 Å². The Labute approximate surface area is 182 Å². The van der Waals surface area contributed by atoms with Crippen LogP contribution in [0.2, 0.25) is 5.02 Å². The minimum Gasteiger partial charge on any atom is -0.352 e. The summed E-state index contributed by atoms with van der Waals surface area (Å²) in [6, 6.07) is 10.8. The molecule has 166 valence electrons. The summed E-state index contributed by atoms with van der Waals surface area (Å²) in [6.07, 6.45) is -4.69. The summed E-state index contributed by atoms with van der Waals surface area (Å²) < 4.78 is 39.1. The minimum atomic E-state index is -4.62. The molecule has 2 rings (SSSR count). The molecule has 2 aromatic carbocycles. The smallest absolute Gasteiger partial charge is 0.352 e. The topological polar surface area (TPSA) is 78.5 Å². The summed E-state index contributed by atoms with van der Waals surface area (Å²) in [6.45, 7) is 1.45. The van der Waals surface area contributed by atoms with Crippen LogP contribution in [0.1, 0.15) is 29.3 Å². The number of nitrogens with zero attached hydrogens (tertiary/aromatic N) is 1. The van der Waals surface area contributed by atoms with Crippen LogP contribution in [0.4, 0.5) is 18.9 Å². The lowest BCUT2D eigenvalue weighted by Gasteiger charge is -2.21. The Hall–Kier alpha value is -3.07. The molecule has 0 aliphatic heterocycles. The van der Waals surface area contributed by atoms with Crippen LogP contribution in [0, 0.1) is 0 Å². The average Bonchev–Trinajstić information content (AvgIpc) is 2.71. The molecule has 0 heterocycles. The first-order chi connectivity index (χ1) is 14.6. The first kappa shape index (κ1) is 24.2. The van der Waals surface area contributed by atoms with E-state index in [1.54, 1.807) is 31.2 Å². The molecule has 0 saturated heterocycles. The number of carbonyl (C=O) groups is 3. The van der Waals surface area contributed by atoms with Crippen LogP contribution >= 0.6 is 11.6 Å². The summed E-state index contributed by atoms with van der Waals surface area (Å²) in [5.74, 6) is -1.55. The van der Waals surface area contributed by atoms with Gasteiger partial charge in [-0.25, -0.2) is 0 Å². The van der Waals surface area contributed by atoms with Crippen LogP contribution in [0.15, 0.2) is 48.5 Å². The third kappa shape index (κ3) is 7.29. The van der Waals surface area contributed by atoms with Crippen molar-refractivity contribution in [3.05, 3.63) is 64.7 Å². The highest BCUT2D eigenvalue weighted by Gasteiger charge is 2.33. The average molecular weight is 456 g/mol. The second-order valence-electron chi connectivity index (χ2n) is 6.51. The van der Waals surface area contributed by atoms with Crippen molar-refractivity contribution in [1.82, 2.24) is 10.2 Å². The zero-order valence-electron chi connectivity index (χ0n) is 16.6. The number of alkyl halides is 3. The molecule has 0 aromatic heterocycles. The normalized spacial score (nSPS) is 11.0. The van der Waals surface area contributed by atoms with Gasteiger partial charge in [-0.3, -0.25) is 14.4 Å². The first-order valence-corrected chi connectivity index (χ1v) is 9.77. The van der Waals surface area contributed by atoms with Crippen molar-refractivity contribution in [2.45, 2.75) is 19.5 Å². The van der Waals surface area contributed by atoms with E-state index in [9.17, 15) is 27.6 Å². The van der Waals surface area contributed by atoms with Gasteiger partial charge in [0.15, 0.2) is 0 Å². The largest absolute Gasteiger partial charge is 0.418 e. The molecule has 2 N–H and O–H groups in total. The Morgan fingerprint density at radius 1 is 1.03 bits per heavy atom. The Balaban J connectivity index is 1.88. The molecule has 0 aliphatic rings. The summed E-state index contributed by atoms with van der Waals surface area (Å²) in [7, 11) is 0. The fourth-order valence-electron chi connectivity index (χ4n) is 2.72. The van der Waals surface area contributed by atoms with Crippen molar-refractivity contribution < 1.29 is 27.6 Å². The van der Waals surface area contributed by atoms with Gasteiger partial charge in [0.25, 0.3) is 5.91 Å². The highest BCUT2D eigenvalue weighted by molar-refractivity contribution is 6.30. The third-order valence-electron chi connectivity index (χ3n) is 4.31. The van der Waals surface area contributed by atoms with Gasteiger partial charge in [0.2, 0.25) is 11.8 Å². The third-order valence-corrected chi connectivity index (χ3v) is 4.56. The molecule has 0 unspecified atom stereocenters. The van der Waals surface area contributed by atoms with E-state index < -0.39 is 30.1 Å². The van der Waals surface area contributed by atoms with Crippen molar-refractivity contribution >= 4 is 35.0 Å². The van der Waals surface area contributed by atoms with E-state index in [4.69, 9.17) is 11.6 Å². The molecule has 0 radical (unpaired) electrons. The van der Waals surface area contributed by atoms with Gasteiger partial charge in [-0.1, -0.05) is 23.7 Å². The van der Waals surface area contributed by atoms with Gasteiger partial charge in [-0.2, -0.15) is 13.2 Å². The standard InChI is InChI=1S/C21H21ClF3N3O3/c1-2-28(13-18(29)27-17-6-4-3-5-16(17)21(23,24)25)19(30)11-12-26-20(31)14-7-9-15(22)10-8-14/h3-10H,2,11-13H2,1H3,(H,26,31)(H,27,29). The lowest BCUT2D eigenvalue weighted by atomic mass is 10.1. The molecule has 6 nitrogen and oxygen atoms in total. The van der Waals surface area contributed by atoms with Gasteiger partial charge in [0.05, 0.1) is 17.8 Å². The number of nitrogens with one attached hydrogen (secondary N) is 2. The van der Waals surface area contributed by atoms with Crippen LogP contribution in [0.25, 0.3) is 0 Å². The van der Waals surface area contributed by atoms with E-state index >= 15 is 0 Å². The molecular weight excluding hydrogens is 435 g/mol. The van der Waals surface area contributed by atoms with Gasteiger partial charge >= 0.3 is 6.18 Å². The lowest BCUT2D eigenvalue weighted by molar-refractivity contribution is -0.137. The van der Waals surface area contributed by atoms with Crippen LogP contribution in [0.5, 0.6) is 0 Å². The molecular formula is C21H21ClF3N3O3. The monoisotopic (exact) mass is 455 g/mol. The highest BCUT2D eigenvalue weighted by Crippen LogP contribution is 2.34. The van der Waals surface area contributed by atoms with Gasteiger partial charge in [0.1, 0.15) is 0 Å². The first-order valence-electron chi connectivity index (χ1n) is 9.39. The molecule has 0 saturated carbocycles. The Morgan fingerprint density at radius 2 is 1.68 bits per heavy atom. The molecule has 0 spiro atoms. The zero-order valence-corrected chi connectivity index (χ0v) is 17.4. The number of anilines is 1. The van der Waals surface area contributed by atoms with Crippen molar-refractivity contribution in [2.24, 2.45) is 0 Å². The van der Waals surface area contributed by atoms with Crippen LogP contribution in [0.3, 0.4) is 0 Å². The van der Waals surface area contributed by atoms with E-state index in [1.807, 2.05) is 0 Å². The Morgan fingerprint density at radius 3 is 2.29 bits per heavy atom. The van der Waals surface area contributed by atoms with Crippen molar-refractivity contribution in [3.8, 4) is 0 Å². The highest BCUT2D eigenvalue weighted by atomic mass is 35.5. The number of rotatable bonds is 8. The zero-order chi connectivity index (χ0) is 23.0. The molecule has 2 aromatic rings. The quantitative estimate of drug-likeness (QED) is 0.632. The second kappa shape index (κ2) is 10.8. The molecule has 0 bridgehead atoms. The van der Waals surface area contributed by atoms with Crippen LogP contribution in [-0.2, 0) is 15.8 Å². The maximum Gasteiger partial charge on any atom is 0.418 e. The number of benzene rings is 2. The Bertz CT molecular complexity index is 933. The van der Waals surface area contributed by atoms with E-state index in [0.717, 1.165) is 12.1 Å². The maximum atomic E-state index is 13.0. The fourth-order valence-corrected chi connectivity index (χ4v) is 2.85. The van der Waals surface area contributed by atoms with Crippen LogP contribution in [-0.4, -0.2) is 42.3 Å². The number of hydrogen-bond donors (Lipinski definition) is 2. The van der Waals surface area contributed by atoms with E-state index in [1.165, 1.54) is 17.0 Å². The number of amides is 3. The number of halogens is 4. The van der Waals surface area contributed by atoms with Gasteiger partial charge < -0.3 is 15.5 Å². The van der Waals surface area contributed by atoms with E-state index in [0.29, 0.717) is 10.6 Å². The molecule has 0 aliphatic carbocycles. The number of carbonyl (C=O) groups excluding carboxylic acids is 3. The molecule has 10 heteroatoms. The predicted molar refractivity (Wildman–Crippen MR) is 111 cm³/mol. The van der Waals surface area contributed by atoms with Crippen molar-refractivity contribution in [1.29, 1.82) is 0 Å². The Kier molecular flexibility index (Phi) is 8.44. The molecule has 31 heavy (non-hydrogen) atoms. The summed E-state index contributed by atoms with van der Waals surface area (Å²) in [5.41, 5.74) is -0.965. The van der Waals surface area contributed by atoms with Gasteiger partial charge in [-0.05, 0) is 43.3 Å². The molecule has 3 amide bonds. The summed E-state index contributed by atoms with van der Waals surface area (Å²) in [5, 5.41) is 5.28. The summed E-state index contributed by atoms with van der Waals surface area (Å²) in [4.78, 5) is 37.8. The number of para-hydroxylation sites is 1. The van der Waals surface area contributed by atoms with Crippen LogP contribution < -0.4 is 10.6 Å². The lowest BCUT2D eigenvalue weighted by Crippen LogP contribution is -2.39. The minimum absolute atomic E-state index is 0.0370. The van der Waals surface area contributed by atoms with Gasteiger partial charge in [0, 0.05) is 30.1 Å².